The van der Waals surface area contributed by atoms with E-state index in [-0.39, 0.29) is 0 Å². The highest BCUT2D eigenvalue weighted by molar-refractivity contribution is 14.1. The summed E-state index contributed by atoms with van der Waals surface area (Å²) in [6, 6.07) is 5.35. The fourth-order valence-corrected chi connectivity index (χ4v) is 1.91. The number of ether oxygens (including phenoxy) is 1. The molecule has 0 atom stereocenters. The number of aromatic nitrogens is 2. The SMILES string of the molecule is COc1cccc(C=O)c1-c1cn(I)cn1. The van der Waals surface area contributed by atoms with E-state index in [0.717, 1.165) is 17.5 Å². The van der Waals surface area contributed by atoms with E-state index in [9.17, 15) is 4.79 Å². The highest BCUT2D eigenvalue weighted by Gasteiger charge is 2.13. The van der Waals surface area contributed by atoms with Crippen LogP contribution in [0.25, 0.3) is 11.3 Å². The minimum absolute atomic E-state index is 0.578. The normalized spacial score (nSPS) is 10.1. The van der Waals surface area contributed by atoms with Crippen molar-refractivity contribution in [3.8, 4) is 17.0 Å². The average Bonchev–Trinajstić information content (AvgIpc) is 2.74. The van der Waals surface area contributed by atoms with Crippen LogP contribution in [0.15, 0.2) is 30.7 Å². The Hall–Kier alpha value is -1.37. The predicted octanol–water partition coefficient (Wildman–Crippen LogP) is 2.57. The molecule has 1 aromatic carbocycles. The van der Waals surface area contributed by atoms with Crippen LogP contribution in [0.3, 0.4) is 0 Å². The maximum atomic E-state index is 11.0. The second kappa shape index (κ2) is 4.65. The zero-order valence-electron chi connectivity index (χ0n) is 8.55. The molecular weight excluding hydrogens is 319 g/mol. The zero-order valence-corrected chi connectivity index (χ0v) is 10.7. The summed E-state index contributed by atoms with van der Waals surface area (Å²) in [6.45, 7) is 0. The Kier molecular flexibility index (Phi) is 3.23. The molecule has 16 heavy (non-hydrogen) atoms. The number of hydrogen-bond donors (Lipinski definition) is 0. The predicted molar refractivity (Wildman–Crippen MR) is 69.0 cm³/mol. The Morgan fingerprint density at radius 3 is 2.88 bits per heavy atom. The Morgan fingerprint density at radius 1 is 1.50 bits per heavy atom. The summed E-state index contributed by atoms with van der Waals surface area (Å²) in [7, 11) is 1.58. The molecule has 4 nitrogen and oxygen atoms in total. The van der Waals surface area contributed by atoms with Crippen molar-refractivity contribution in [2.24, 2.45) is 0 Å². The molecule has 1 aromatic heterocycles. The maximum absolute atomic E-state index is 11.0. The number of hydrogen-bond acceptors (Lipinski definition) is 3. The molecule has 0 fully saturated rings. The van der Waals surface area contributed by atoms with E-state index in [1.165, 1.54) is 0 Å². The Bertz CT molecular complexity index is 522. The number of aldehydes is 1. The van der Waals surface area contributed by atoms with Crippen LogP contribution in [0, 0.1) is 0 Å². The Morgan fingerprint density at radius 2 is 2.31 bits per heavy atom. The molecule has 0 aliphatic rings. The van der Waals surface area contributed by atoms with Gasteiger partial charge in [0.1, 0.15) is 12.1 Å². The topological polar surface area (TPSA) is 44.1 Å². The van der Waals surface area contributed by atoms with E-state index in [2.05, 4.69) is 27.8 Å². The van der Waals surface area contributed by atoms with Crippen molar-refractivity contribution < 1.29 is 9.53 Å². The van der Waals surface area contributed by atoms with Crippen molar-refractivity contribution in [2.75, 3.05) is 7.11 Å². The molecule has 0 saturated heterocycles. The molecule has 5 heteroatoms. The van der Waals surface area contributed by atoms with Crippen molar-refractivity contribution in [2.45, 2.75) is 0 Å². The van der Waals surface area contributed by atoms with Crippen molar-refractivity contribution in [3.05, 3.63) is 36.3 Å². The fraction of sp³-hybridized carbons (Fsp3) is 0.0909. The van der Waals surface area contributed by atoms with Crippen LogP contribution in [0.5, 0.6) is 5.75 Å². The maximum Gasteiger partial charge on any atom is 0.150 e. The van der Waals surface area contributed by atoms with Crippen LogP contribution in [-0.2, 0) is 0 Å². The number of carbonyl (C=O) groups excluding carboxylic acids is 1. The number of benzene rings is 1. The van der Waals surface area contributed by atoms with E-state index >= 15 is 0 Å². The van der Waals surface area contributed by atoms with E-state index in [1.54, 1.807) is 28.4 Å². The summed E-state index contributed by atoms with van der Waals surface area (Å²) in [4.78, 5) is 15.2. The molecule has 0 aliphatic heterocycles. The minimum atomic E-state index is 0.578. The molecule has 82 valence electrons. The van der Waals surface area contributed by atoms with Crippen LogP contribution in [0.2, 0.25) is 0 Å². The molecule has 0 N–H and O–H groups in total. The molecule has 0 bridgehead atoms. The Labute approximate surface area is 107 Å². The van der Waals surface area contributed by atoms with E-state index in [1.807, 2.05) is 12.3 Å². The van der Waals surface area contributed by atoms with Gasteiger partial charge >= 0.3 is 0 Å². The molecule has 0 unspecified atom stereocenters. The standard InChI is InChI=1S/C11H9IN2O2/c1-16-10-4-2-3-8(6-15)11(10)9-5-14(12)7-13-9/h2-7H,1H3. The van der Waals surface area contributed by atoms with Gasteiger partial charge in [0.15, 0.2) is 6.29 Å². The van der Waals surface area contributed by atoms with Gasteiger partial charge < -0.3 is 4.74 Å². The summed E-state index contributed by atoms with van der Waals surface area (Å²) < 4.78 is 7.04. The van der Waals surface area contributed by atoms with Crippen molar-refractivity contribution in [1.29, 1.82) is 0 Å². The summed E-state index contributed by atoms with van der Waals surface area (Å²) in [6.07, 6.45) is 4.33. The third-order valence-electron chi connectivity index (χ3n) is 2.21. The number of halogens is 1. The van der Waals surface area contributed by atoms with Gasteiger partial charge in [-0.15, -0.1) is 0 Å². The lowest BCUT2D eigenvalue weighted by Crippen LogP contribution is -1.93. The van der Waals surface area contributed by atoms with E-state index in [4.69, 9.17) is 4.74 Å². The molecule has 0 radical (unpaired) electrons. The van der Waals surface area contributed by atoms with Crippen LogP contribution in [-0.4, -0.2) is 21.2 Å². The summed E-state index contributed by atoms with van der Waals surface area (Å²) in [5.74, 6) is 0.653. The van der Waals surface area contributed by atoms with E-state index in [0.29, 0.717) is 11.3 Å². The summed E-state index contributed by atoms with van der Waals surface area (Å²) >= 11 is 2.10. The van der Waals surface area contributed by atoms with Crippen LogP contribution >= 0.6 is 22.9 Å². The van der Waals surface area contributed by atoms with Gasteiger partial charge in [0.25, 0.3) is 0 Å². The molecule has 0 saturated carbocycles. The fourth-order valence-electron chi connectivity index (χ4n) is 1.52. The summed E-state index contributed by atoms with van der Waals surface area (Å²) in [5, 5.41) is 0. The number of methoxy groups -OCH3 is 1. The van der Waals surface area contributed by atoms with Gasteiger partial charge in [-0.2, -0.15) is 0 Å². The van der Waals surface area contributed by atoms with Gasteiger partial charge in [-0.25, -0.2) is 4.98 Å². The Balaban J connectivity index is 2.65. The molecule has 0 spiro atoms. The summed E-state index contributed by atoms with van der Waals surface area (Å²) in [5.41, 5.74) is 2.04. The van der Waals surface area contributed by atoms with Crippen LogP contribution in [0.1, 0.15) is 10.4 Å². The first kappa shape index (κ1) is 11.1. The van der Waals surface area contributed by atoms with E-state index < -0.39 is 0 Å². The van der Waals surface area contributed by atoms with Crippen LogP contribution < -0.4 is 4.74 Å². The molecular formula is C11H9IN2O2. The second-order valence-electron chi connectivity index (χ2n) is 3.15. The van der Waals surface area contributed by atoms with Crippen LogP contribution in [0.4, 0.5) is 0 Å². The highest BCUT2D eigenvalue weighted by atomic mass is 127. The first-order valence-electron chi connectivity index (χ1n) is 4.59. The number of imidazole rings is 1. The smallest absolute Gasteiger partial charge is 0.150 e. The van der Waals surface area contributed by atoms with Gasteiger partial charge in [0.05, 0.1) is 41.2 Å². The third-order valence-corrected chi connectivity index (χ3v) is 2.74. The lowest BCUT2D eigenvalue weighted by Gasteiger charge is -2.07. The lowest BCUT2D eigenvalue weighted by molar-refractivity contribution is 0.112. The van der Waals surface area contributed by atoms with Gasteiger partial charge in [0, 0.05) is 11.8 Å². The van der Waals surface area contributed by atoms with Crippen molar-refractivity contribution in [1.82, 2.24) is 7.76 Å². The zero-order chi connectivity index (χ0) is 11.5. The second-order valence-corrected chi connectivity index (χ2v) is 4.26. The molecule has 1 heterocycles. The monoisotopic (exact) mass is 328 g/mol. The molecule has 0 amide bonds. The van der Waals surface area contributed by atoms with Gasteiger partial charge in [-0.3, -0.25) is 7.58 Å². The minimum Gasteiger partial charge on any atom is -0.496 e. The quantitative estimate of drug-likeness (QED) is 0.643. The van der Waals surface area contributed by atoms with Gasteiger partial charge in [-0.05, 0) is 6.07 Å². The van der Waals surface area contributed by atoms with Gasteiger partial charge in [0.2, 0.25) is 0 Å². The molecule has 2 rings (SSSR count). The van der Waals surface area contributed by atoms with Gasteiger partial charge in [-0.1, -0.05) is 12.1 Å². The molecule has 2 aromatic rings. The van der Waals surface area contributed by atoms with Crippen molar-refractivity contribution in [3.63, 3.8) is 0 Å². The lowest BCUT2D eigenvalue weighted by atomic mass is 10.0. The number of rotatable bonds is 3. The molecule has 0 aliphatic carbocycles. The first-order valence-corrected chi connectivity index (χ1v) is 5.55. The first-order chi connectivity index (χ1) is 7.76. The number of nitrogens with zero attached hydrogens (tertiary/aromatic N) is 2. The highest BCUT2D eigenvalue weighted by Crippen LogP contribution is 2.31. The largest absolute Gasteiger partial charge is 0.496 e. The van der Waals surface area contributed by atoms with Crippen molar-refractivity contribution >= 4 is 29.2 Å². The third kappa shape index (κ3) is 1.95. The number of carbonyl (C=O) groups is 1. The average molecular weight is 328 g/mol.